The van der Waals surface area contributed by atoms with Crippen LogP contribution in [-0.2, 0) is 6.54 Å². The van der Waals surface area contributed by atoms with Gasteiger partial charge in [-0.05, 0) is 41.1 Å². The zero-order valence-corrected chi connectivity index (χ0v) is 12.7. The molecule has 0 saturated heterocycles. The van der Waals surface area contributed by atoms with Crippen LogP contribution in [0.15, 0.2) is 34.2 Å². The number of thiophene rings is 1. The molecule has 0 aliphatic rings. The number of anilines is 1. The van der Waals surface area contributed by atoms with E-state index in [-0.39, 0.29) is 0 Å². The minimum atomic E-state index is -0.516. The van der Waals surface area contributed by atoms with Crippen LogP contribution in [0.5, 0.6) is 0 Å². The third-order valence-electron chi connectivity index (χ3n) is 2.65. The van der Waals surface area contributed by atoms with Gasteiger partial charge in [-0.25, -0.2) is 0 Å². The smallest absolute Gasteiger partial charge is 0.0931 e. The highest BCUT2D eigenvalue weighted by Crippen LogP contribution is 2.23. The van der Waals surface area contributed by atoms with E-state index in [0.717, 1.165) is 16.7 Å². The summed E-state index contributed by atoms with van der Waals surface area (Å²) < 4.78 is 1.12. The predicted octanol–water partition coefficient (Wildman–Crippen LogP) is 3.60. The molecule has 0 saturated carbocycles. The van der Waals surface area contributed by atoms with E-state index in [9.17, 15) is 5.11 Å². The quantitative estimate of drug-likeness (QED) is 0.932. The van der Waals surface area contributed by atoms with Gasteiger partial charge in [0.2, 0.25) is 0 Å². The van der Waals surface area contributed by atoms with Crippen LogP contribution in [0.25, 0.3) is 0 Å². The average Bonchev–Trinajstić information content (AvgIpc) is 2.75. The summed E-state index contributed by atoms with van der Waals surface area (Å²) in [4.78, 5) is 7.68. The largest absolute Gasteiger partial charge is 0.387 e. The Morgan fingerprint density at radius 2 is 2.28 bits per heavy atom. The predicted molar refractivity (Wildman–Crippen MR) is 79.0 cm³/mol. The van der Waals surface area contributed by atoms with Crippen molar-refractivity contribution in [1.82, 2.24) is 4.98 Å². The molecule has 0 spiro atoms. The summed E-state index contributed by atoms with van der Waals surface area (Å²) >= 11 is 5.19. The maximum absolute atomic E-state index is 9.41. The number of halogens is 1. The second kappa shape index (κ2) is 5.82. The fourth-order valence-corrected chi connectivity index (χ4v) is 3.14. The van der Waals surface area contributed by atoms with E-state index in [2.05, 4.69) is 37.3 Å². The van der Waals surface area contributed by atoms with Crippen LogP contribution < -0.4 is 4.90 Å². The third-order valence-corrected chi connectivity index (χ3v) is 4.34. The molecule has 5 heteroatoms. The molecular formula is C13H15BrN2OS. The normalized spacial score (nSPS) is 12.4. The summed E-state index contributed by atoms with van der Waals surface area (Å²) in [6.45, 7) is 2.57. The number of aliphatic hydroxyl groups is 1. The molecule has 2 rings (SSSR count). The van der Waals surface area contributed by atoms with Gasteiger partial charge in [-0.2, -0.15) is 0 Å². The molecule has 0 fully saturated rings. The Labute approximate surface area is 119 Å². The van der Waals surface area contributed by atoms with E-state index in [4.69, 9.17) is 0 Å². The molecule has 2 aromatic rings. The Hall–Kier alpha value is -0.910. The number of hydrogen-bond acceptors (Lipinski definition) is 4. The maximum atomic E-state index is 9.41. The van der Waals surface area contributed by atoms with E-state index >= 15 is 0 Å². The van der Waals surface area contributed by atoms with Gasteiger partial charge < -0.3 is 10.0 Å². The summed E-state index contributed by atoms with van der Waals surface area (Å²) in [5, 5.41) is 11.5. The molecule has 0 unspecified atom stereocenters. The fraction of sp³-hybridized carbons (Fsp3) is 0.308. The van der Waals surface area contributed by atoms with Crippen LogP contribution >= 0.6 is 27.3 Å². The van der Waals surface area contributed by atoms with Crippen molar-refractivity contribution >= 4 is 33.0 Å². The van der Waals surface area contributed by atoms with Gasteiger partial charge >= 0.3 is 0 Å². The minimum absolute atomic E-state index is 0.516. The van der Waals surface area contributed by atoms with Gasteiger partial charge in [0.25, 0.3) is 0 Å². The third kappa shape index (κ3) is 3.31. The molecule has 0 aliphatic heterocycles. The van der Waals surface area contributed by atoms with Crippen molar-refractivity contribution in [3.05, 3.63) is 44.8 Å². The zero-order valence-electron chi connectivity index (χ0n) is 10.3. The summed E-state index contributed by atoms with van der Waals surface area (Å²) in [6, 6.07) is 5.97. The van der Waals surface area contributed by atoms with Crippen LogP contribution in [0.2, 0.25) is 0 Å². The van der Waals surface area contributed by atoms with Gasteiger partial charge in [-0.3, -0.25) is 4.98 Å². The monoisotopic (exact) mass is 326 g/mol. The van der Waals surface area contributed by atoms with Crippen molar-refractivity contribution in [2.45, 2.75) is 19.6 Å². The minimum Gasteiger partial charge on any atom is -0.387 e. The first-order chi connectivity index (χ1) is 8.56. The molecular weight excluding hydrogens is 312 g/mol. The Morgan fingerprint density at radius 1 is 1.50 bits per heavy atom. The second-order valence-corrected chi connectivity index (χ2v) is 6.12. The van der Waals surface area contributed by atoms with Crippen LogP contribution in [-0.4, -0.2) is 17.1 Å². The summed E-state index contributed by atoms with van der Waals surface area (Å²) in [7, 11) is 2.03. The highest BCUT2D eigenvalue weighted by Gasteiger charge is 2.06. The molecule has 0 bridgehead atoms. The lowest BCUT2D eigenvalue weighted by molar-refractivity contribution is 0.194. The van der Waals surface area contributed by atoms with Crippen molar-refractivity contribution < 1.29 is 5.11 Å². The molecule has 0 amide bonds. The maximum Gasteiger partial charge on any atom is 0.0931 e. The molecule has 0 aromatic carbocycles. The Kier molecular flexibility index (Phi) is 4.37. The number of aromatic nitrogens is 1. The van der Waals surface area contributed by atoms with Crippen molar-refractivity contribution in [1.29, 1.82) is 0 Å². The molecule has 1 atom stereocenters. The Bertz CT molecular complexity index is 510. The number of pyridine rings is 1. The van der Waals surface area contributed by atoms with Crippen molar-refractivity contribution in [3.8, 4) is 0 Å². The fourth-order valence-electron chi connectivity index (χ4n) is 1.63. The number of rotatable bonds is 4. The van der Waals surface area contributed by atoms with Gasteiger partial charge in [0.15, 0.2) is 0 Å². The number of hydrogen-bond donors (Lipinski definition) is 1. The van der Waals surface area contributed by atoms with E-state index < -0.39 is 6.10 Å². The van der Waals surface area contributed by atoms with Crippen molar-refractivity contribution in [2.75, 3.05) is 11.9 Å². The molecule has 96 valence electrons. The second-order valence-electron chi connectivity index (χ2n) is 4.20. The van der Waals surface area contributed by atoms with Crippen LogP contribution in [0.3, 0.4) is 0 Å². The summed E-state index contributed by atoms with van der Waals surface area (Å²) in [5.74, 6) is 0. The first-order valence-electron chi connectivity index (χ1n) is 5.64. The van der Waals surface area contributed by atoms with Gasteiger partial charge in [-0.15, -0.1) is 11.3 Å². The van der Waals surface area contributed by atoms with Crippen molar-refractivity contribution in [2.24, 2.45) is 0 Å². The number of aliphatic hydroxyl groups excluding tert-OH is 1. The highest BCUT2D eigenvalue weighted by molar-refractivity contribution is 9.10. The average molecular weight is 327 g/mol. The van der Waals surface area contributed by atoms with Gasteiger partial charge in [0, 0.05) is 21.8 Å². The van der Waals surface area contributed by atoms with Gasteiger partial charge in [0.05, 0.1) is 30.2 Å². The SMILES string of the molecule is C[C@@H](O)c1ccc(N(C)Cc2cc(Br)cs2)cn1. The van der Waals surface area contributed by atoms with Crippen LogP contribution in [0.1, 0.15) is 23.6 Å². The molecule has 3 nitrogen and oxygen atoms in total. The first-order valence-corrected chi connectivity index (χ1v) is 7.31. The standard InChI is InChI=1S/C13H15BrN2OS/c1-9(17)13-4-3-11(6-15-13)16(2)7-12-5-10(14)8-18-12/h3-6,8-9,17H,7H2,1-2H3/t9-/m1/s1. The Morgan fingerprint density at radius 3 is 2.78 bits per heavy atom. The molecule has 0 radical (unpaired) electrons. The van der Waals surface area contributed by atoms with Crippen LogP contribution in [0, 0.1) is 0 Å². The Balaban J connectivity index is 2.06. The topological polar surface area (TPSA) is 36.4 Å². The lowest BCUT2D eigenvalue weighted by Gasteiger charge is -2.18. The highest BCUT2D eigenvalue weighted by atomic mass is 79.9. The first kappa shape index (κ1) is 13.5. The van der Waals surface area contributed by atoms with E-state index in [1.807, 2.05) is 19.2 Å². The van der Waals surface area contributed by atoms with Crippen molar-refractivity contribution in [3.63, 3.8) is 0 Å². The van der Waals surface area contributed by atoms with E-state index in [0.29, 0.717) is 5.69 Å². The van der Waals surface area contributed by atoms with Gasteiger partial charge in [-0.1, -0.05) is 0 Å². The molecule has 1 N–H and O–H groups in total. The number of nitrogens with zero attached hydrogens (tertiary/aromatic N) is 2. The molecule has 0 aliphatic carbocycles. The molecule has 18 heavy (non-hydrogen) atoms. The lowest BCUT2D eigenvalue weighted by atomic mass is 10.2. The zero-order chi connectivity index (χ0) is 13.1. The lowest BCUT2D eigenvalue weighted by Crippen LogP contribution is -2.15. The van der Waals surface area contributed by atoms with Gasteiger partial charge in [0.1, 0.15) is 0 Å². The summed E-state index contributed by atoms with van der Waals surface area (Å²) in [6.07, 6.45) is 1.28. The molecule has 2 heterocycles. The van der Waals surface area contributed by atoms with E-state index in [1.165, 1.54) is 4.88 Å². The van der Waals surface area contributed by atoms with E-state index in [1.54, 1.807) is 24.5 Å². The van der Waals surface area contributed by atoms with Crippen LogP contribution in [0.4, 0.5) is 5.69 Å². The molecule has 2 aromatic heterocycles. The summed E-state index contributed by atoms with van der Waals surface area (Å²) in [5.41, 5.74) is 1.75.